The van der Waals surface area contributed by atoms with Crippen LogP contribution in [0.5, 0.6) is 0 Å². The van der Waals surface area contributed by atoms with Crippen molar-refractivity contribution < 1.29 is 110 Å². The molecule has 0 radical (unpaired) electrons. The van der Waals surface area contributed by atoms with E-state index in [1.54, 1.807) is 48.5 Å². The van der Waals surface area contributed by atoms with Crippen molar-refractivity contribution in [2.24, 2.45) is 225 Å². The van der Waals surface area contributed by atoms with Gasteiger partial charge in [0.2, 0.25) is 0 Å². The molecular weight excluding hydrogens is 1680 g/mol. The van der Waals surface area contributed by atoms with Crippen LogP contribution in [0, 0.1) is 225 Å². The van der Waals surface area contributed by atoms with Crippen LogP contribution in [0.4, 0.5) is 110 Å². The Balaban J connectivity index is 0.000000697. The molecule has 0 spiro atoms. The van der Waals surface area contributed by atoms with Gasteiger partial charge in [0.25, 0.3) is 0 Å². The van der Waals surface area contributed by atoms with Crippen molar-refractivity contribution in [3.05, 3.63) is 0 Å². The monoisotopic (exact) mass is 1850 g/mol. The van der Waals surface area contributed by atoms with Gasteiger partial charge in [-0.3, -0.25) is 0 Å². The molecule has 125 heavy (non-hydrogen) atoms. The zero-order valence-corrected chi connectivity index (χ0v) is 82.7. The van der Waals surface area contributed by atoms with E-state index in [4.69, 9.17) is 0 Å². The lowest BCUT2D eigenvalue weighted by Crippen LogP contribution is -2.57. The fraction of sp³-hybridized carbons (Fsp3) is 1.00. The first-order valence-electron chi connectivity index (χ1n) is 48.3. The highest BCUT2D eigenvalue weighted by atomic mass is 19.4. The van der Waals surface area contributed by atoms with Crippen molar-refractivity contribution in [2.75, 3.05) is 0 Å². The molecule has 0 saturated heterocycles. The lowest BCUT2D eigenvalue weighted by Gasteiger charge is -2.50. The van der Waals surface area contributed by atoms with Crippen LogP contribution in [-0.4, -0.2) is 79.8 Å². The Morgan fingerprint density at radius 1 is 0.184 bits per heavy atom. The smallest absolute Gasteiger partial charge is 0.247 e. The van der Waals surface area contributed by atoms with Crippen LogP contribution >= 0.6 is 0 Å². The molecule has 11 aliphatic carbocycles. The van der Waals surface area contributed by atoms with E-state index < -0.39 is 169 Å². The molecule has 0 bridgehead atoms. The summed E-state index contributed by atoms with van der Waals surface area (Å²) >= 11 is 0. The van der Waals surface area contributed by atoms with Crippen molar-refractivity contribution in [3.63, 3.8) is 0 Å². The molecule has 11 rings (SSSR count). The lowest BCUT2D eigenvalue weighted by atomic mass is 9.57. The van der Waals surface area contributed by atoms with Crippen LogP contribution in [0.25, 0.3) is 0 Å². The average Bonchev–Trinajstić information content (AvgIpc) is 1.74. The Hall–Kier alpha value is -1.75. The van der Waals surface area contributed by atoms with Crippen LogP contribution in [0.3, 0.4) is 0 Å². The Morgan fingerprint density at radius 2 is 0.400 bits per heavy atom. The van der Waals surface area contributed by atoms with Crippen LogP contribution in [-0.2, 0) is 0 Å². The number of hydrogen-bond acceptors (Lipinski definition) is 0. The van der Waals surface area contributed by atoms with E-state index in [1.807, 2.05) is 20.8 Å². The van der Waals surface area contributed by atoms with Gasteiger partial charge in [-0.2, -0.15) is 79.0 Å². The molecule has 0 aromatic carbocycles. The zero-order valence-electron chi connectivity index (χ0n) is 82.7. The molecule has 0 aromatic heterocycles. The largest absolute Gasteiger partial charge is 0.392 e. The van der Waals surface area contributed by atoms with Crippen molar-refractivity contribution in [3.8, 4) is 0 Å². The third kappa shape index (κ3) is 37.1. The number of halogens is 25. The summed E-state index contributed by atoms with van der Waals surface area (Å²) in [6.07, 6.45) is -16.3. The summed E-state index contributed by atoms with van der Waals surface area (Å²) in [7, 11) is 0. The van der Waals surface area contributed by atoms with E-state index in [0.29, 0.717) is 49.4 Å². The van der Waals surface area contributed by atoms with Gasteiger partial charge in [0.1, 0.15) is 42.7 Å². The van der Waals surface area contributed by atoms with Gasteiger partial charge >= 0.3 is 37.1 Å². The molecule has 750 valence electrons. The summed E-state index contributed by atoms with van der Waals surface area (Å²) in [5.41, 5.74) is -0.862. The van der Waals surface area contributed by atoms with E-state index >= 15 is 0 Å². The summed E-state index contributed by atoms with van der Waals surface area (Å²) in [5, 5.41) is 0. The van der Waals surface area contributed by atoms with E-state index in [9.17, 15) is 110 Å². The Kier molecular flexibility index (Phi) is 49.2. The summed E-state index contributed by atoms with van der Waals surface area (Å²) in [6, 6.07) is 0. The van der Waals surface area contributed by atoms with E-state index in [1.165, 1.54) is 85.0 Å². The Bertz CT molecular complexity index is 2670. The predicted molar refractivity (Wildman–Crippen MR) is 463 cm³/mol. The summed E-state index contributed by atoms with van der Waals surface area (Å²) in [4.78, 5) is 0. The molecular formula is C100H175F25. The molecule has 0 heterocycles. The van der Waals surface area contributed by atoms with Crippen LogP contribution < -0.4 is 0 Å². The summed E-state index contributed by atoms with van der Waals surface area (Å²) in [5.74, 6) is -9.07. The van der Waals surface area contributed by atoms with E-state index in [0.717, 1.165) is 123 Å². The van der Waals surface area contributed by atoms with Gasteiger partial charge < -0.3 is 0 Å². The van der Waals surface area contributed by atoms with Gasteiger partial charge in [-0.05, 0) is 262 Å². The molecule has 11 fully saturated rings. The molecule has 0 amide bonds. The highest BCUT2D eigenvalue weighted by molar-refractivity contribution is 5.02. The maximum Gasteiger partial charge on any atom is 0.392 e. The first kappa shape index (κ1) is 121. The van der Waals surface area contributed by atoms with Gasteiger partial charge in [-0.25, -0.2) is 30.7 Å². The molecule has 23 unspecified atom stereocenters. The molecule has 45 atom stereocenters. The molecule has 25 heteroatoms. The number of hydrogen-bond donors (Lipinski definition) is 0. The fourth-order valence-electron chi connectivity index (χ4n) is 23.4. The fourth-order valence-corrected chi connectivity index (χ4v) is 23.4. The molecule has 0 nitrogen and oxygen atoms in total. The Labute approximate surface area is 742 Å². The van der Waals surface area contributed by atoms with Crippen molar-refractivity contribution in [2.45, 2.75) is 411 Å². The average molecular weight is 1850 g/mol. The lowest BCUT2D eigenvalue weighted by molar-refractivity contribution is -0.321. The van der Waals surface area contributed by atoms with Crippen molar-refractivity contribution in [1.29, 1.82) is 0 Å². The second kappa shape index (κ2) is 50.7. The van der Waals surface area contributed by atoms with Gasteiger partial charge in [0.05, 0.1) is 35.5 Å². The minimum Gasteiger partial charge on any atom is -0.247 e. The highest BCUT2D eigenvalue weighted by Crippen LogP contribution is 2.61. The normalized spacial score (nSPS) is 46.3. The SMILES string of the molecule is CC1C(C(F)(F)F)C(C(F)(F)F)[C@@H](C)[C@@H](C)C1C(F)(F)F.CC1C(C(F)(F)F)[C@@H](C)[C@@H](C)C1C(F)(F)F.CC1C(F)C(F)[C@@H](C)[C@@H](C)C1F.CC1C(F)[C@@H](C)[C@@H](C)C1F.CC1CC[C@@H](C)[C@@H](C)C1.CC1CC[C@@H](C)[C@@H](C)C1.CC1C[C@@H](C)[C@@H](C)C1.CC1C[C@@H](C)[C@@H](C)C1.CC1C[C@@H](C)[C@@H](C)CC1F.CC1C[C@H](C)[C@H](C)CC1C(F)(F)F.C[C@@H]1CC(C)(F)C[C@@H]1C. The van der Waals surface area contributed by atoms with Crippen LogP contribution in [0.15, 0.2) is 0 Å². The molecule has 0 N–H and O–H groups in total. The van der Waals surface area contributed by atoms with E-state index in [2.05, 4.69) is 111 Å². The van der Waals surface area contributed by atoms with Gasteiger partial charge in [-0.1, -0.05) is 247 Å². The standard InChI is InChI=1S/C12H15F9.C10H14F6.C10H17F3.C9H15F3.C9H17F.2C9H18.C8H14F2.C8H15F.2C8H16/c1-4-5(2)8(11(16,17)18)9(12(19,20)21)6(3)7(4)10(13,14)15;1-4-5(2)8(10(14,15)16)6(3)7(4)9(11,12)13;1-6-4-8(3)9(5-7(6)2)10(11,12)13;1-4-5(2)8(11)9(12)6(3)7(4)10;1-6-4-8(3)9(10)5-7(6)2;2*1-7-4-5-8(2)9(3)6-7;1-4-5(2)8(10)6(3)7(4)9;1-6-4-8(3,9)5-7(6)2;2*1-6-4-7(2)8(3)5-6/h4-9H,1-3H3;4-8H,1-3H3;6-9H,4-5H2,1-3H3;4-9H,1-3H3;6-9H,4-5H2,1-3H3;2*7-9H,4-6H2,1-3H3;4-8H,1-3H3;6-7H,4-5H2,1-3H3;2*6-8H,4-5H2,1-3H3/t4-,5+,6?,7?,8?,9?;4-,5+,6?,7?,8?;6-,7+,8?,9?;4-,5+,6?,7?,8?,9?;6-,7+,8?,9?;2*7?,8-,9+;4-,5+,6?,7?,8?;6-,7+,8?;2*6?,7-,8+/m1.01111..../s1. The third-order valence-electron chi connectivity index (χ3n) is 34.1. The molecule has 11 saturated carbocycles. The molecule has 11 aliphatic rings. The molecule has 0 aliphatic heterocycles. The topological polar surface area (TPSA) is 0 Å². The predicted octanol–water partition coefficient (Wildman–Crippen LogP) is 36.4. The van der Waals surface area contributed by atoms with Crippen molar-refractivity contribution in [1.82, 2.24) is 0 Å². The third-order valence-corrected chi connectivity index (χ3v) is 34.1. The number of alkyl halides is 25. The minimum absolute atomic E-state index is 0.106. The van der Waals surface area contributed by atoms with Gasteiger partial charge in [-0.15, -0.1) is 0 Å². The second-order valence-corrected chi connectivity index (χ2v) is 44.9. The Morgan fingerprint density at radius 3 is 0.632 bits per heavy atom. The summed E-state index contributed by atoms with van der Waals surface area (Å²) in [6.45, 7) is 62.4. The minimum atomic E-state index is -5.34. The van der Waals surface area contributed by atoms with Crippen LogP contribution in [0.2, 0.25) is 0 Å². The molecule has 0 aromatic rings. The maximum atomic E-state index is 13.2. The first-order valence-corrected chi connectivity index (χ1v) is 48.3. The highest BCUT2D eigenvalue weighted by Gasteiger charge is 2.68. The number of rotatable bonds is 0. The maximum absolute atomic E-state index is 13.2. The summed E-state index contributed by atoms with van der Waals surface area (Å²) < 4.78 is 321. The van der Waals surface area contributed by atoms with Crippen LogP contribution in [0.1, 0.15) is 331 Å². The van der Waals surface area contributed by atoms with Crippen molar-refractivity contribution >= 4 is 0 Å². The van der Waals surface area contributed by atoms with Gasteiger partial charge in [0, 0.05) is 11.8 Å². The quantitative estimate of drug-likeness (QED) is 0.212. The second-order valence-electron chi connectivity index (χ2n) is 44.9. The first-order chi connectivity index (χ1) is 56.3. The van der Waals surface area contributed by atoms with E-state index in [-0.39, 0.29) is 29.6 Å². The zero-order chi connectivity index (χ0) is 98.2. The van der Waals surface area contributed by atoms with Gasteiger partial charge in [0.15, 0.2) is 0 Å².